The fraction of sp³-hybridized carbons (Fsp3) is 0.125. The number of sulfonamides is 1. The molecule has 0 atom stereocenters. The van der Waals surface area contributed by atoms with Crippen LogP contribution in [0.5, 0.6) is 0 Å². The summed E-state index contributed by atoms with van der Waals surface area (Å²) >= 11 is 0. The van der Waals surface area contributed by atoms with E-state index in [2.05, 4.69) is 4.72 Å². The fourth-order valence-electron chi connectivity index (χ4n) is 2.52. The molecule has 1 N–H and O–H groups in total. The first-order valence-electron chi connectivity index (χ1n) is 7.02. The molecule has 0 aliphatic rings. The van der Waals surface area contributed by atoms with Gasteiger partial charge in [-0.05, 0) is 36.4 Å². The first kappa shape index (κ1) is 15.8. The summed E-state index contributed by atoms with van der Waals surface area (Å²) < 4.78 is 30.4. The molecule has 24 heavy (non-hydrogen) atoms. The van der Waals surface area contributed by atoms with Crippen molar-refractivity contribution in [1.82, 2.24) is 9.13 Å². The number of nitriles is 1. The molecule has 0 saturated carbocycles. The molecule has 0 spiro atoms. The minimum Gasteiger partial charge on any atom is -0.295 e. The van der Waals surface area contributed by atoms with E-state index < -0.39 is 10.0 Å². The Morgan fingerprint density at radius 1 is 1.04 bits per heavy atom. The largest absolute Gasteiger partial charge is 0.328 e. The van der Waals surface area contributed by atoms with E-state index in [1.807, 2.05) is 6.07 Å². The number of hydrogen-bond acceptors (Lipinski definition) is 4. The number of aromatic nitrogens is 2. The molecule has 1 aromatic heterocycles. The lowest BCUT2D eigenvalue weighted by Crippen LogP contribution is -2.19. The fourth-order valence-corrected chi connectivity index (χ4v) is 3.59. The smallest absolute Gasteiger partial charge is 0.295 e. The molecule has 2 aromatic carbocycles. The molecule has 7 nitrogen and oxygen atoms in total. The number of benzene rings is 2. The lowest BCUT2D eigenvalue weighted by atomic mass is 10.2. The molecule has 3 aromatic rings. The van der Waals surface area contributed by atoms with Crippen molar-refractivity contribution in [2.45, 2.75) is 4.90 Å². The van der Waals surface area contributed by atoms with Crippen molar-refractivity contribution in [2.75, 3.05) is 4.72 Å². The lowest BCUT2D eigenvalue weighted by molar-refractivity contribution is 0.601. The maximum absolute atomic E-state index is 12.6. The maximum atomic E-state index is 12.6. The molecular weight excluding hydrogens is 328 g/mol. The molecule has 0 radical (unpaired) electrons. The van der Waals surface area contributed by atoms with E-state index in [9.17, 15) is 13.2 Å². The predicted molar refractivity (Wildman–Crippen MR) is 90.1 cm³/mol. The summed E-state index contributed by atoms with van der Waals surface area (Å²) in [6.07, 6.45) is 0. The molecule has 122 valence electrons. The Balaban J connectivity index is 2.07. The van der Waals surface area contributed by atoms with E-state index in [0.717, 1.165) is 0 Å². The van der Waals surface area contributed by atoms with Crippen LogP contribution in [0, 0.1) is 11.3 Å². The summed E-state index contributed by atoms with van der Waals surface area (Å²) in [5.41, 5.74) is 1.60. The van der Waals surface area contributed by atoms with Crippen molar-refractivity contribution in [2.24, 2.45) is 14.1 Å². The third-order valence-corrected chi connectivity index (χ3v) is 5.18. The number of rotatable bonds is 3. The first-order valence-corrected chi connectivity index (χ1v) is 8.50. The van der Waals surface area contributed by atoms with Gasteiger partial charge in [-0.3, -0.25) is 13.9 Å². The Kier molecular flexibility index (Phi) is 3.66. The summed E-state index contributed by atoms with van der Waals surface area (Å²) in [6, 6.07) is 12.6. The predicted octanol–water partition coefficient (Wildman–Crippen LogP) is 1.55. The van der Waals surface area contributed by atoms with Crippen molar-refractivity contribution in [1.29, 1.82) is 5.26 Å². The average Bonchev–Trinajstić information content (AvgIpc) is 2.79. The van der Waals surface area contributed by atoms with Crippen LogP contribution in [0.15, 0.2) is 52.2 Å². The normalized spacial score (nSPS) is 11.4. The number of aryl methyl sites for hydroxylation is 2. The SMILES string of the molecule is Cn1c(=O)n(C)c2cc(S(=O)(=O)Nc3cccc(C#N)c3)ccc21. The van der Waals surface area contributed by atoms with Crippen molar-refractivity contribution in [3.8, 4) is 6.07 Å². The van der Waals surface area contributed by atoms with Gasteiger partial charge in [-0.15, -0.1) is 0 Å². The molecule has 8 heteroatoms. The summed E-state index contributed by atoms with van der Waals surface area (Å²) in [5, 5.41) is 8.89. The van der Waals surface area contributed by atoms with Crippen molar-refractivity contribution in [3.05, 3.63) is 58.5 Å². The Labute approximate surface area is 138 Å². The van der Waals surface area contributed by atoms with Gasteiger partial charge in [0.25, 0.3) is 10.0 Å². The number of anilines is 1. The second-order valence-electron chi connectivity index (χ2n) is 5.35. The highest BCUT2D eigenvalue weighted by Crippen LogP contribution is 2.21. The van der Waals surface area contributed by atoms with E-state index in [1.54, 1.807) is 38.4 Å². The van der Waals surface area contributed by atoms with Crippen LogP contribution in [0.1, 0.15) is 5.56 Å². The zero-order chi connectivity index (χ0) is 17.5. The summed E-state index contributed by atoms with van der Waals surface area (Å²) in [7, 11) is -0.617. The van der Waals surface area contributed by atoms with Gasteiger partial charge in [0.1, 0.15) is 0 Å². The minimum absolute atomic E-state index is 0.0403. The molecule has 0 bridgehead atoms. The zero-order valence-corrected chi connectivity index (χ0v) is 13.8. The van der Waals surface area contributed by atoms with Gasteiger partial charge >= 0.3 is 5.69 Å². The third-order valence-electron chi connectivity index (χ3n) is 3.80. The Morgan fingerprint density at radius 2 is 1.75 bits per heavy atom. The highest BCUT2D eigenvalue weighted by Gasteiger charge is 2.17. The van der Waals surface area contributed by atoms with Crippen LogP contribution in [0.3, 0.4) is 0 Å². The number of fused-ring (bicyclic) bond motifs is 1. The molecular formula is C16H14N4O3S. The van der Waals surface area contributed by atoms with Crippen LogP contribution >= 0.6 is 0 Å². The third kappa shape index (κ3) is 2.55. The van der Waals surface area contributed by atoms with Crippen LogP contribution in [0.2, 0.25) is 0 Å². The number of hydrogen-bond donors (Lipinski definition) is 1. The second kappa shape index (κ2) is 5.54. The lowest BCUT2D eigenvalue weighted by Gasteiger charge is -2.09. The van der Waals surface area contributed by atoms with Crippen LogP contribution in [0.4, 0.5) is 5.69 Å². The quantitative estimate of drug-likeness (QED) is 0.781. The van der Waals surface area contributed by atoms with Crippen LogP contribution in [0.25, 0.3) is 11.0 Å². The van der Waals surface area contributed by atoms with Gasteiger partial charge in [0.2, 0.25) is 0 Å². The van der Waals surface area contributed by atoms with E-state index in [4.69, 9.17) is 5.26 Å². The van der Waals surface area contributed by atoms with Gasteiger partial charge in [-0.2, -0.15) is 5.26 Å². The Morgan fingerprint density at radius 3 is 2.46 bits per heavy atom. The molecule has 0 fully saturated rings. The second-order valence-corrected chi connectivity index (χ2v) is 7.03. The van der Waals surface area contributed by atoms with E-state index in [1.165, 1.54) is 27.3 Å². The van der Waals surface area contributed by atoms with Crippen molar-refractivity contribution >= 4 is 26.7 Å². The van der Waals surface area contributed by atoms with Crippen LogP contribution in [-0.2, 0) is 24.1 Å². The topological polar surface area (TPSA) is 96.9 Å². The monoisotopic (exact) mass is 342 g/mol. The molecule has 0 unspecified atom stereocenters. The summed E-state index contributed by atoms with van der Waals surface area (Å²) in [5.74, 6) is 0. The van der Waals surface area contributed by atoms with Gasteiger partial charge in [0.15, 0.2) is 0 Å². The van der Waals surface area contributed by atoms with Crippen molar-refractivity contribution < 1.29 is 8.42 Å². The van der Waals surface area contributed by atoms with Gasteiger partial charge in [-0.1, -0.05) is 6.07 Å². The van der Waals surface area contributed by atoms with E-state index >= 15 is 0 Å². The van der Waals surface area contributed by atoms with Gasteiger partial charge in [0.05, 0.1) is 33.2 Å². The Hall–Kier alpha value is -3.05. The summed E-state index contributed by atoms with van der Waals surface area (Å²) in [6.45, 7) is 0. The number of nitrogens with zero attached hydrogens (tertiary/aromatic N) is 3. The molecule has 0 aliphatic heterocycles. The molecule has 1 heterocycles. The van der Waals surface area contributed by atoms with Crippen LogP contribution < -0.4 is 10.4 Å². The standard InChI is InChI=1S/C16H14N4O3S/c1-19-14-7-6-13(9-15(14)20(2)16(19)21)24(22,23)18-12-5-3-4-11(8-12)10-17/h3-9,18H,1-2H3. The Bertz CT molecular complexity index is 1150. The number of imidazole rings is 1. The van der Waals surface area contributed by atoms with Gasteiger partial charge < -0.3 is 0 Å². The van der Waals surface area contributed by atoms with E-state index in [-0.39, 0.29) is 10.6 Å². The average molecular weight is 342 g/mol. The first-order chi connectivity index (χ1) is 11.3. The molecule has 0 amide bonds. The minimum atomic E-state index is -3.83. The van der Waals surface area contributed by atoms with E-state index in [0.29, 0.717) is 22.3 Å². The highest BCUT2D eigenvalue weighted by atomic mass is 32.2. The maximum Gasteiger partial charge on any atom is 0.328 e. The molecule has 0 saturated heterocycles. The number of nitrogens with one attached hydrogen (secondary N) is 1. The van der Waals surface area contributed by atoms with Crippen molar-refractivity contribution in [3.63, 3.8) is 0 Å². The van der Waals surface area contributed by atoms with Gasteiger partial charge in [-0.25, -0.2) is 13.2 Å². The molecule has 3 rings (SSSR count). The highest BCUT2D eigenvalue weighted by molar-refractivity contribution is 7.92. The van der Waals surface area contributed by atoms with Crippen LogP contribution in [-0.4, -0.2) is 17.6 Å². The molecule has 0 aliphatic carbocycles. The van der Waals surface area contributed by atoms with Gasteiger partial charge in [0, 0.05) is 14.1 Å². The zero-order valence-electron chi connectivity index (χ0n) is 13.0. The summed E-state index contributed by atoms with van der Waals surface area (Å²) in [4.78, 5) is 12.0.